The van der Waals surface area contributed by atoms with Crippen LogP contribution < -0.4 is 0 Å². The third-order valence-electron chi connectivity index (χ3n) is 4.84. The van der Waals surface area contributed by atoms with Gasteiger partial charge in [0.15, 0.2) is 0 Å². The molecule has 3 unspecified atom stereocenters. The number of carbonyl (C=O) groups excluding carboxylic acids is 2. The normalized spacial score (nSPS) is 35.7. The van der Waals surface area contributed by atoms with Crippen LogP contribution in [0.15, 0.2) is 0 Å². The summed E-state index contributed by atoms with van der Waals surface area (Å²) in [6.45, 7) is 1.41. The summed E-state index contributed by atoms with van der Waals surface area (Å²) in [4.78, 5) is 28.6. The average Bonchev–Trinajstić information content (AvgIpc) is 3.05. The van der Waals surface area contributed by atoms with Crippen molar-refractivity contribution in [3.63, 3.8) is 0 Å². The molecule has 3 rings (SSSR count). The van der Waals surface area contributed by atoms with E-state index in [-0.39, 0.29) is 17.9 Å². The molecule has 2 saturated heterocycles. The lowest BCUT2D eigenvalue weighted by atomic mass is 10.1. The summed E-state index contributed by atoms with van der Waals surface area (Å²) < 4.78 is 0. The van der Waals surface area contributed by atoms with E-state index in [0.29, 0.717) is 24.3 Å². The minimum atomic E-state index is -0.150. The zero-order valence-corrected chi connectivity index (χ0v) is 12.3. The Labute approximate surface area is 118 Å². The average molecular weight is 282 g/mol. The maximum absolute atomic E-state index is 12.7. The van der Waals surface area contributed by atoms with Crippen LogP contribution in [0.2, 0.25) is 0 Å². The summed E-state index contributed by atoms with van der Waals surface area (Å²) in [7, 11) is 0. The fourth-order valence-electron chi connectivity index (χ4n) is 3.76. The Morgan fingerprint density at radius 3 is 2.68 bits per heavy atom. The first-order valence-corrected chi connectivity index (χ1v) is 8.62. The molecule has 19 heavy (non-hydrogen) atoms. The molecule has 4 nitrogen and oxygen atoms in total. The van der Waals surface area contributed by atoms with Crippen molar-refractivity contribution >= 4 is 23.6 Å². The van der Waals surface area contributed by atoms with Crippen LogP contribution in [0.3, 0.4) is 0 Å². The second kappa shape index (κ2) is 5.35. The smallest absolute Gasteiger partial charge is 0.245 e. The van der Waals surface area contributed by atoms with Gasteiger partial charge in [-0.05, 0) is 38.4 Å². The first kappa shape index (κ1) is 13.3. The largest absolute Gasteiger partial charge is 0.337 e. The van der Waals surface area contributed by atoms with Crippen LogP contribution >= 0.6 is 11.8 Å². The Kier molecular flexibility index (Phi) is 3.74. The molecule has 0 spiro atoms. The van der Waals surface area contributed by atoms with Crippen molar-refractivity contribution in [1.82, 2.24) is 9.80 Å². The molecular weight excluding hydrogens is 260 g/mol. The summed E-state index contributed by atoms with van der Waals surface area (Å²) in [5.41, 5.74) is 0. The van der Waals surface area contributed by atoms with E-state index in [1.54, 1.807) is 0 Å². The lowest BCUT2D eigenvalue weighted by Gasteiger charge is -2.30. The van der Waals surface area contributed by atoms with E-state index in [2.05, 4.69) is 6.26 Å². The summed E-state index contributed by atoms with van der Waals surface area (Å²) in [5.74, 6) is 0.396. The van der Waals surface area contributed by atoms with Gasteiger partial charge in [0, 0.05) is 30.8 Å². The minimum Gasteiger partial charge on any atom is -0.337 e. The Bertz CT molecular complexity index is 388. The minimum absolute atomic E-state index is 0.150. The highest BCUT2D eigenvalue weighted by Crippen LogP contribution is 2.34. The molecule has 5 heteroatoms. The van der Waals surface area contributed by atoms with Crippen LogP contribution in [0.1, 0.15) is 38.5 Å². The van der Waals surface area contributed by atoms with E-state index in [4.69, 9.17) is 0 Å². The second-order valence-electron chi connectivity index (χ2n) is 5.85. The highest BCUT2D eigenvalue weighted by molar-refractivity contribution is 7.99. The van der Waals surface area contributed by atoms with Crippen molar-refractivity contribution in [2.45, 2.75) is 55.9 Å². The van der Waals surface area contributed by atoms with E-state index in [0.717, 1.165) is 32.2 Å². The molecule has 0 radical (unpaired) electrons. The van der Waals surface area contributed by atoms with Crippen LogP contribution in [0.5, 0.6) is 0 Å². The van der Waals surface area contributed by atoms with Crippen molar-refractivity contribution in [3.8, 4) is 0 Å². The molecule has 2 aliphatic heterocycles. The molecule has 0 aromatic heterocycles. The molecule has 0 bridgehead atoms. The number of carbonyl (C=O) groups is 2. The monoisotopic (exact) mass is 282 g/mol. The first-order valence-electron chi connectivity index (χ1n) is 7.33. The quantitative estimate of drug-likeness (QED) is 0.770. The van der Waals surface area contributed by atoms with Crippen molar-refractivity contribution in [1.29, 1.82) is 0 Å². The number of rotatable bonds is 2. The molecule has 1 saturated carbocycles. The van der Waals surface area contributed by atoms with E-state index in [9.17, 15) is 9.59 Å². The van der Waals surface area contributed by atoms with Gasteiger partial charge in [0.25, 0.3) is 0 Å². The lowest BCUT2D eigenvalue weighted by molar-refractivity contribution is -0.140. The zero-order valence-electron chi connectivity index (χ0n) is 11.5. The van der Waals surface area contributed by atoms with Gasteiger partial charge in [-0.15, -0.1) is 0 Å². The predicted octanol–water partition coefficient (Wildman–Crippen LogP) is 1.49. The molecule has 3 atom stereocenters. The van der Waals surface area contributed by atoms with Gasteiger partial charge < -0.3 is 9.80 Å². The highest BCUT2D eigenvalue weighted by Gasteiger charge is 2.42. The summed E-state index contributed by atoms with van der Waals surface area (Å²) in [6.07, 6.45) is 7.93. The maximum Gasteiger partial charge on any atom is 0.245 e. The van der Waals surface area contributed by atoms with Crippen LogP contribution in [0, 0.1) is 0 Å². The number of nitrogens with zero attached hydrogens (tertiary/aromatic N) is 2. The Hall–Kier alpha value is -0.710. The summed E-state index contributed by atoms with van der Waals surface area (Å²) in [6, 6.07) is 0.224. The van der Waals surface area contributed by atoms with Crippen molar-refractivity contribution in [2.24, 2.45) is 0 Å². The molecule has 0 aromatic carbocycles. The Balaban J connectivity index is 1.75. The first-order chi connectivity index (χ1) is 9.20. The van der Waals surface area contributed by atoms with Gasteiger partial charge in [-0.2, -0.15) is 11.8 Å². The third-order valence-corrected chi connectivity index (χ3v) is 5.93. The molecule has 0 N–H and O–H groups in total. The summed E-state index contributed by atoms with van der Waals surface area (Å²) >= 11 is 1.91. The Morgan fingerprint density at radius 2 is 1.95 bits per heavy atom. The SMILES string of the molecule is CSC1CCC(N2CCC(=O)N3CCCC3C2=O)C1. The van der Waals surface area contributed by atoms with Gasteiger partial charge in [-0.3, -0.25) is 9.59 Å². The number of amides is 2. The predicted molar refractivity (Wildman–Crippen MR) is 76.0 cm³/mol. The van der Waals surface area contributed by atoms with Crippen LogP contribution in [-0.4, -0.2) is 58.3 Å². The third kappa shape index (κ3) is 2.37. The topological polar surface area (TPSA) is 40.6 Å². The van der Waals surface area contributed by atoms with Crippen molar-refractivity contribution in [2.75, 3.05) is 19.3 Å². The molecule has 3 aliphatic rings. The van der Waals surface area contributed by atoms with E-state index in [1.807, 2.05) is 21.6 Å². The van der Waals surface area contributed by atoms with Crippen molar-refractivity contribution < 1.29 is 9.59 Å². The van der Waals surface area contributed by atoms with E-state index in [1.165, 1.54) is 6.42 Å². The fourth-order valence-corrected chi connectivity index (χ4v) is 4.55. The van der Waals surface area contributed by atoms with Gasteiger partial charge in [-0.1, -0.05) is 0 Å². The molecule has 106 valence electrons. The summed E-state index contributed by atoms with van der Waals surface area (Å²) in [5, 5.41) is 0.691. The van der Waals surface area contributed by atoms with Gasteiger partial charge in [-0.25, -0.2) is 0 Å². The van der Waals surface area contributed by atoms with Gasteiger partial charge in [0.1, 0.15) is 6.04 Å². The second-order valence-corrected chi connectivity index (χ2v) is 6.99. The van der Waals surface area contributed by atoms with Gasteiger partial charge in [0.05, 0.1) is 0 Å². The maximum atomic E-state index is 12.7. The molecule has 3 fully saturated rings. The number of hydrogen-bond acceptors (Lipinski definition) is 3. The lowest BCUT2D eigenvalue weighted by Crippen LogP contribution is -2.47. The van der Waals surface area contributed by atoms with Crippen LogP contribution in [0.25, 0.3) is 0 Å². The van der Waals surface area contributed by atoms with E-state index < -0.39 is 0 Å². The number of thioether (sulfide) groups is 1. The zero-order chi connectivity index (χ0) is 13.4. The number of fused-ring (bicyclic) bond motifs is 1. The van der Waals surface area contributed by atoms with Gasteiger partial charge in [0.2, 0.25) is 11.8 Å². The van der Waals surface area contributed by atoms with Crippen LogP contribution in [0.4, 0.5) is 0 Å². The fraction of sp³-hybridized carbons (Fsp3) is 0.857. The van der Waals surface area contributed by atoms with Gasteiger partial charge >= 0.3 is 0 Å². The Morgan fingerprint density at radius 1 is 1.11 bits per heavy atom. The molecule has 1 aliphatic carbocycles. The van der Waals surface area contributed by atoms with Crippen molar-refractivity contribution in [3.05, 3.63) is 0 Å². The molecule has 2 heterocycles. The molecular formula is C14H22N2O2S. The van der Waals surface area contributed by atoms with E-state index >= 15 is 0 Å². The highest BCUT2D eigenvalue weighted by atomic mass is 32.2. The standard InChI is InChI=1S/C14H22N2O2S/c1-19-11-5-4-10(9-11)15-8-6-13(17)16-7-2-3-12(16)14(15)18/h10-12H,2-9H2,1H3. The van der Waals surface area contributed by atoms with Crippen LogP contribution in [-0.2, 0) is 9.59 Å². The molecule has 0 aromatic rings. The molecule has 2 amide bonds. The number of hydrogen-bond donors (Lipinski definition) is 0.